The minimum Gasteiger partial charge on any atom is -0.310 e. The Balaban J connectivity index is 1.97. The largest absolute Gasteiger partial charge is 0.310 e. The molecule has 0 aromatic carbocycles. The lowest BCUT2D eigenvalue weighted by Crippen LogP contribution is -2.18. The van der Waals surface area contributed by atoms with Gasteiger partial charge in [-0.3, -0.25) is 4.68 Å². The van der Waals surface area contributed by atoms with Crippen molar-refractivity contribution in [3.8, 4) is 0 Å². The van der Waals surface area contributed by atoms with Crippen LogP contribution < -0.4 is 5.32 Å². The van der Waals surface area contributed by atoms with Crippen molar-refractivity contribution in [1.29, 1.82) is 0 Å². The maximum absolute atomic E-state index is 4.36. The smallest absolute Gasteiger partial charge is 0.0562 e. The highest BCUT2D eigenvalue weighted by molar-refractivity contribution is 5.51. The van der Waals surface area contributed by atoms with E-state index in [1.54, 1.807) is 0 Å². The van der Waals surface area contributed by atoms with E-state index in [-0.39, 0.29) is 0 Å². The van der Waals surface area contributed by atoms with Crippen molar-refractivity contribution in [3.05, 3.63) is 23.5 Å². The summed E-state index contributed by atoms with van der Waals surface area (Å²) in [5.41, 5.74) is 2.67. The standard InChI is InChI=1S/C14H23N3/c1-4-12(8-15-14-5-6-14)7-13-9-16-17(10-13)11(2)3/h7,9-11,14-15H,4-6,8H2,1-3H3. The molecule has 0 radical (unpaired) electrons. The molecular weight excluding hydrogens is 210 g/mol. The average Bonchev–Trinajstić information content (AvgIpc) is 3.01. The first-order valence-electron chi connectivity index (χ1n) is 6.66. The van der Waals surface area contributed by atoms with Crippen LogP contribution in [0.4, 0.5) is 0 Å². The van der Waals surface area contributed by atoms with Crippen molar-refractivity contribution in [3.63, 3.8) is 0 Å². The highest BCUT2D eigenvalue weighted by Gasteiger charge is 2.20. The van der Waals surface area contributed by atoms with Crippen LogP contribution in [0.25, 0.3) is 6.08 Å². The first-order chi connectivity index (χ1) is 8.19. The van der Waals surface area contributed by atoms with E-state index in [0.29, 0.717) is 6.04 Å². The summed E-state index contributed by atoms with van der Waals surface area (Å²) in [5, 5.41) is 7.92. The van der Waals surface area contributed by atoms with Gasteiger partial charge in [-0.25, -0.2) is 0 Å². The van der Waals surface area contributed by atoms with E-state index in [2.05, 4.69) is 43.5 Å². The number of rotatable bonds is 6. The van der Waals surface area contributed by atoms with Gasteiger partial charge in [0, 0.05) is 30.4 Å². The fourth-order valence-electron chi connectivity index (χ4n) is 1.79. The highest BCUT2D eigenvalue weighted by atomic mass is 15.3. The Kier molecular flexibility index (Phi) is 4.00. The van der Waals surface area contributed by atoms with Gasteiger partial charge in [-0.15, -0.1) is 0 Å². The Morgan fingerprint density at radius 1 is 1.59 bits per heavy atom. The molecule has 1 aromatic rings. The summed E-state index contributed by atoms with van der Waals surface area (Å²) >= 11 is 0. The molecule has 0 unspecified atom stereocenters. The molecule has 3 nitrogen and oxygen atoms in total. The van der Waals surface area contributed by atoms with E-state index in [1.165, 1.54) is 24.0 Å². The van der Waals surface area contributed by atoms with Gasteiger partial charge in [0.15, 0.2) is 0 Å². The summed E-state index contributed by atoms with van der Waals surface area (Å²) < 4.78 is 2.01. The quantitative estimate of drug-likeness (QED) is 0.818. The van der Waals surface area contributed by atoms with Crippen LogP contribution in [0.15, 0.2) is 18.0 Å². The molecule has 0 aliphatic heterocycles. The predicted molar refractivity (Wildman–Crippen MR) is 71.9 cm³/mol. The number of nitrogens with one attached hydrogen (secondary N) is 1. The van der Waals surface area contributed by atoms with E-state index >= 15 is 0 Å². The Morgan fingerprint density at radius 2 is 2.35 bits per heavy atom. The average molecular weight is 233 g/mol. The maximum atomic E-state index is 4.36. The second-order valence-electron chi connectivity index (χ2n) is 5.16. The van der Waals surface area contributed by atoms with Crippen LogP contribution in [0.3, 0.4) is 0 Å². The zero-order valence-electron chi connectivity index (χ0n) is 11.1. The predicted octanol–water partition coefficient (Wildman–Crippen LogP) is 3.01. The zero-order valence-corrected chi connectivity index (χ0v) is 11.1. The first-order valence-corrected chi connectivity index (χ1v) is 6.66. The summed E-state index contributed by atoms with van der Waals surface area (Å²) in [7, 11) is 0. The van der Waals surface area contributed by atoms with Gasteiger partial charge >= 0.3 is 0 Å². The number of nitrogens with zero attached hydrogens (tertiary/aromatic N) is 2. The van der Waals surface area contributed by atoms with Crippen molar-refractivity contribution in [2.24, 2.45) is 0 Å². The molecule has 0 bridgehead atoms. The molecule has 1 aliphatic rings. The molecule has 1 aliphatic carbocycles. The van der Waals surface area contributed by atoms with E-state index < -0.39 is 0 Å². The van der Waals surface area contributed by atoms with Crippen molar-refractivity contribution in [2.45, 2.75) is 52.1 Å². The van der Waals surface area contributed by atoms with Crippen LogP contribution in [0, 0.1) is 0 Å². The van der Waals surface area contributed by atoms with E-state index in [9.17, 15) is 0 Å². The SMILES string of the molecule is CCC(=Cc1cnn(C(C)C)c1)CNC1CC1. The van der Waals surface area contributed by atoms with Crippen LogP contribution in [0.5, 0.6) is 0 Å². The second kappa shape index (κ2) is 5.50. The molecule has 0 spiro atoms. The Hall–Kier alpha value is -1.09. The summed E-state index contributed by atoms with van der Waals surface area (Å²) in [6.07, 6.45) is 10.1. The minimum absolute atomic E-state index is 0.437. The fourth-order valence-corrected chi connectivity index (χ4v) is 1.79. The van der Waals surface area contributed by atoms with E-state index in [0.717, 1.165) is 19.0 Å². The molecule has 1 saturated carbocycles. The van der Waals surface area contributed by atoms with Crippen molar-refractivity contribution in [1.82, 2.24) is 15.1 Å². The molecule has 17 heavy (non-hydrogen) atoms. The monoisotopic (exact) mass is 233 g/mol. The van der Waals surface area contributed by atoms with Crippen LogP contribution in [0.2, 0.25) is 0 Å². The van der Waals surface area contributed by atoms with Gasteiger partial charge in [-0.2, -0.15) is 5.10 Å². The van der Waals surface area contributed by atoms with Gasteiger partial charge in [-0.1, -0.05) is 18.6 Å². The number of hydrogen-bond donors (Lipinski definition) is 1. The van der Waals surface area contributed by atoms with E-state index in [1.807, 2.05) is 10.9 Å². The fraction of sp³-hybridized carbons (Fsp3) is 0.643. The molecule has 1 heterocycles. The van der Waals surface area contributed by atoms with Crippen LogP contribution in [-0.2, 0) is 0 Å². The molecule has 94 valence electrons. The van der Waals surface area contributed by atoms with Crippen molar-refractivity contribution >= 4 is 6.08 Å². The van der Waals surface area contributed by atoms with E-state index in [4.69, 9.17) is 0 Å². The third kappa shape index (κ3) is 3.70. The third-order valence-corrected chi connectivity index (χ3v) is 3.17. The lowest BCUT2D eigenvalue weighted by Gasteiger charge is -2.05. The molecule has 1 aromatic heterocycles. The van der Waals surface area contributed by atoms with Gasteiger partial charge in [-0.05, 0) is 33.1 Å². The van der Waals surface area contributed by atoms with Gasteiger partial charge in [0.05, 0.1) is 6.20 Å². The summed E-state index contributed by atoms with van der Waals surface area (Å²) in [6.45, 7) is 7.53. The first kappa shape index (κ1) is 12.4. The summed E-state index contributed by atoms with van der Waals surface area (Å²) in [5.74, 6) is 0. The molecule has 0 atom stereocenters. The molecule has 3 heteroatoms. The Bertz CT molecular complexity index is 386. The molecule has 1 N–H and O–H groups in total. The molecule has 0 amide bonds. The van der Waals surface area contributed by atoms with Crippen LogP contribution in [0.1, 0.15) is 51.6 Å². The van der Waals surface area contributed by atoms with Gasteiger partial charge < -0.3 is 5.32 Å². The maximum Gasteiger partial charge on any atom is 0.0562 e. The Morgan fingerprint density at radius 3 is 2.88 bits per heavy atom. The van der Waals surface area contributed by atoms with Crippen molar-refractivity contribution in [2.75, 3.05) is 6.54 Å². The Labute approximate surface area is 104 Å². The lowest BCUT2D eigenvalue weighted by atomic mass is 10.1. The normalized spacial score (nSPS) is 16.8. The topological polar surface area (TPSA) is 29.9 Å². The summed E-state index contributed by atoms with van der Waals surface area (Å²) in [4.78, 5) is 0. The van der Waals surface area contributed by atoms with Gasteiger partial charge in [0.2, 0.25) is 0 Å². The van der Waals surface area contributed by atoms with Crippen LogP contribution >= 0.6 is 0 Å². The molecular formula is C14H23N3. The molecule has 0 saturated heterocycles. The number of aromatic nitrogens is 2. The second-order valence-corrected chi connectivity index (χ2v) is 5.16. The molecule has 1 fully saturated rings. The molecule has 2 rings (SSSR count). The van der Waals surface area contributed by atoms with Gasteiger partial charge in [0.25, 0.3) is 0 Å². The minimum atomic E-state index is 0.437. The summed E-state index contributed by atoms with van der Waals surface area (Å²) in [6, 6.07) is 1.22. The highest BCUT2D eigenvalue weighted by Crippen LogP contribution is 2.19. The van der Waals surface area contributed by atoms with Crippen LogP contribution in [-0.4, -0.2) is 22.4 Å². The van der Waals surface area contributed by atoms with Gasteiger partial charge in [0.1, 0.15) is 0 Å². The number of hydrogen-bond acceptors (Lipinski definition) is 2. The van der Waals surface area contributed by atoms with Crippen molar-refractivity contribution < 1.29 is 0 Å². The lowest BCUT2D eigenvalue weighted by molar-refractivity contribution is 0.532. The zero-order chi connectivity index (χ0) is 12.3. The third-order valence-electron chi connectivity index (χ3n) is 3.17.